The third kappa shape index (κ3) is 4.09. The molecule has 1 unspecified atom stereocenters. The number of aromatic nitrogens is 2. The van der Waals surface area contributed by atoms with Gasteiger partial charge in [-0.2, -0.15) is 5.10 Å². The lowest BCUT2D eigenvalue weighted by Crippen LogP contribution is -2.48. The van der Waals surface area contributed by atoms with Gasteiger partial charge < -0.3 is 15.0 Å². The molecule has 0 radical (unpaired) electrons. The van der Waals surface area contributed by atoms with Crippen molar-refractivity contribution in [1.82, 2.24) is 9.78 Å². The van der Waals surface area contributed by atoms with E-state index in [2.05, 4.69) is 91.7 Å². The number of ether oxygens (including phenoxy) is 1. The Labute approximate surface area is 239 Å². The molecule has 1 atom stereocenters. The molecule has 2 aliphatic rings. The molecule has 7 rings (SSSR count). The van der Waals surface area contributed by atoms with E-state index in [0.717, 1.165) is 62.5 Å². The molecule has 4 aromatic carbocycles. The van der Waals surface area contributed by atoms with E-state index >= 15 is 0 Å². The van der Waals surface area contributed by atoms with Crippen LogP contribution in [-0.2, 0) is 0 Å². The molecule has 5 aromatic rings. The standard InChI is InChI=1S/C34H30N6O/c1-21-18-19-26(22(2)20-21)35-32-34-37-33-30(23(3)38-40(33)24-12-6-5-7-13-24)31(25-14-8-11-17-29(25)41-4)39(34)28-16-10-9-15-27(28)36-32/h5-20,31H,1-4H3,(H,35,36). The van der Waals surface area contributed by atoms with Crippen LogP contribution in [0.1, 0.15) is 34.0 Å². The van der Waals surface area contributed by atoms with Crippen molar-refractivity contribution >= 4 is 34.6 Å². The first-order chi connectivity index (χ1) is 20.0. The van der Waals surface area contributed by atoms with Crippen molar-refractivity contribution < 1.29 is 4.74 Å². The summed E-state index contributed by atoms with van der Waals surface area (Å²) >= 11 is 0. The van der Waals surface area contributed by atoms with Crippen molar-refractivity contribution in [1.29, 1.82) is 0 Å². The van der Waals surface area contributed by atoms with Crippen molar-refractivity contribution in [3.05, 3.63) is 125 Å². The first-order valence-electron chi connectivity index (χ1n) is 13.7. The topological polar surface area (TPSA) is 67.0 Å². The monoisotopic (exact) mass is 538 g/mol. The minimum Gasteiger partial charge on any atom is -0.496 e. The smallest absolute Gasteiger partial charge is 0.179 e. The SMILES string of the molecule is COc1ccccc1C1c2c(C)nn(-c3ccccc3)c2N=C2C(=Nc3ccc(C)cc3C)Nc3ccccc3N21. The van der Waals surface area contributed by atoms with Gasteiger partial charge >= 0.3 is 0 Å². The molecule has 7 heteroatoms. The number of hydrogen-bond donors (Lipinski definition) is 1. The summed E-state index contributed by atoms with van der Waals surface area (Å²) in [6.07, 6.45) is 0. The van der Waals surface area contributed by atoms with Crippen LogP contribution in [0.3, 0.4) is 0 Å². The van der Waals surface area contributed by atoms with Gasteiger partial charge in [0.05, 0.1) is 41.6 Å². The second kappa shape index (κ2) is 9.78. The van der Waals surface area contributed by atoms with Crippen LogP contribution < -0.4 is 15.0 Å². The molecule has 0 spiro atoms. The molecule has 41 heavy (non-hydrogen) atoms. The van der Waals surface area contributed by atoms with E-state index in [0.29, 0.717) is 5.84 Å². The molecule has 1 aromatic heterocycles. The number of amidine groups is 2. The van der Waals surface area contributed by atoms with Crippen molar-refractivity contribution in [2.75, 3.05) is 17.3 Å². The highest BCUT2D eigenvalue weighted by Crippen LogP contribution is 2.49. The van der Waals surface area contributed by atoms with Gasteiger partial charge in [-0.05, 0) is 62.7 Å². The molecule has 0 saturated heterocycles. The van der Waals surface area contributed by atoms with E-state index in [1.54, 1.807) is 7.11 Å². The Morgan fingerprint density at radius 1 is 0.854 bits per heavy atom. The van der Waals surface area contributed by atoms with Crippen LogP contribution in [0, 0.1) is 20.8 Å². The largest absolute Gasteiger partial charge is 0.496 e. The van der Waals surface area contributed by atoms with Gasteiger partial charge in [-0.3, -0.25) is 0 Å². The molecule has 0 saturated carbocycles. The number of fused-ring (bicyclic) bond motifs is 4. The first kappa shape index (κ1) is 24.8. The van der Waals surface area contributed by atoms with Gasteiger partial charge in [0, 0.05) is 11.1 Å². The Kier molecular flexibility index (Phi) is 5.93. The summed E-state index contributed by atoms with van der Waals surface area (Å²) in [6, 6.07) is 32.7. The molecule has 7 nitrogen and oxygen atoms in total. The van der Waals surface area contributed by atoms with Crippen molar-refractivity contribution in [2.24, 2.45) is 9.98 Å². The van der Waals surface area contributed by atoms with Gasteiger partial charge in [0.1, 0.15) is 5.75 Å². The zero-order valence-electron chi connectivity index (χ0n) is 23.5. The zero-order valence-corrected chi connectivity index (χ0v) is 23.5. The maximum atomic E-state index is 5.92. The maximum absolute atomic E-state index is 5.92. The fraction of sp³-hybridized carbons (Fsp3) is 0.147. The summed E-state index contributed by atoms with van der Waals surface area (Å²) in [7, 11) is 1.72. The van der Waals surface area contributed by atoms with Gasteiger partial charge in [-0.1, -0.05) is 66.2 Å². The predicted octanol–water partition coefficient (Wildman–Crippen LogP) is 7.60. The first-order valence-corrected chi connectivity index (χ1v) is 13.7. The predicted molar refractivity (Wildman–Crippen MR) is 166 cm³/mol. The molecular formula is C34H30N6O. The quantitative estimate of drug-likeness (QED) is 0.256. The molecular weight excluding hydrogens is 508 g/mol. The summed E-state index contributed by atoms with van der Waals surface area (Å²) in [6.45, 7) is 6.24. The number of anilines is 2. The summed E-state index contributed by atoms with van der Waals surface area (Å²) in [5.74, 6) is 3.00. The molecule has 3 heterocycles. The van der Waals surface area contributed by atoms with Crippen LogP contribution >= 0.6 is 0 Å². The zero-order chi connectivity index (χ0) is 28.1. The second-order valence-corrected chi connectivity index (χ2v) is 10.4. The summed E-state index contributed by atoms with van der Waals surface area (Å²) < 4.78 is 7.86. The van der Waals surface area contributed by atoms with E-state index in [-0.39, 0.29) is 6.04 Å². The highest BCUT2D eigenvalue weighted by molar-refractivity contribution is 6.52. The Bertz CT molecular complexity index is 1850. The Balaban J connectivity index is 1.55. The molecule has 0 aliphatic carbocycles. The van der Waals surface area contributed by atoms with E-state index < -0.39 is 0 Å². The number of benzene rings is 4. The van der Waals surface area contributed by atoms with E-state index in [9.17, 15) is 0 Å². The number of nitrogens with zero attached hydrogens (tertiary/aromatic N) is 5. The number of hydrogen-bond acceptors (Lipinski definition) is 5. The van der Waals surface area contributed by atoms with Gasteiger partial charge in [0.25, 0.3) is 0 Å². The van der Waals surface area contributed by atoms with Gasteiger partial charge in [-0.15, -0.1) is 0 Å². The van der Waals surface area contributed by atoms with E-state index in [1.807, 2.05) is 41.1 Å². The average molecular weight is 539 g/mol. The lowest BCUT2D eigenvalue weighted by Gasteiger charge is -2.42. The fourth-order valence-electron chi connectivity index (χ4n) is 5.82. The number of para-hydroxylation sites is 4. The second-order valence-electron chi connectivity index (χ2n) is 10.4. The van der Waals surface area contributed by atoms with Crippen LogP contribution in [0.25, 0.3) is 5.69 Å². The number of rotatable bonds is 4. The molecule has 2 aliphatic heterocycles. The van der Waals surface area contributed by atoms with E-state index in [1.165, 1.54) is 5.56 Å². The lowest BCUT2D eigenvalue weighted by molar-refractivity contribution is 0.407. The van der Waals surface area contributed by atoms with Crippen molar-refractivity contribution in [3.63, 3.8) is 0 Å². The van der Waals surface area contributed by atoms with Crippen LogP contribution in [0.2, 0.25) is 0 Å². The number of aryl methyl sites for hydroxylation is 3. The molecule has 1 N–H and O–H groups in total. The van der Waals surface area contributed by atoms with Gasteiger partial charge in [0.15, 0.2) is 17.5 Å². The fourth-order valence-corrected chi connectivity index (χ4v) is 5.82. The molecule has 0 bridgehead atoms. The lowest BCUT2D eigenvalue weighted by atomic mass is 9.92. The van der Waals surface area contributed by atoms with Gasteiger partial charge in [-0.25, -0.2) is 14.7 Å². The van der Waals surface area contributed by atoms with Crippen LogP contribution in [0.15, 0.2) is 107 Å². The van der Waals surface area contributed by atoms with Gasteiger partial charge in [0.2, 0.25) is 0 Å². The molecule has 0 amide bonds. The Hall–Kier alpha value is -5.17. The third-order valence-corrected chi connectivity index (χ3v) is 7.70. The summed E-state index contributed by atoms with van der Waals surface area (Å²) in [5, 5.41) is 8.62. The molecule has 0 fully saturated rings. The highest BCUT2D eigenvalue weighted by Gasteiger charge is 2.42. The maximum Gasteiger partial charge on any atom is 0.179 e. The Morgan fingerprint density at radius 2 is 1.61 bits per heavy atom. The Morgan fingerprint density at radius 3 is 2.41 bits per heavy atom. The third-order valence-electron chi connectivity index (χ3n) is 7.70. The minimum atomic E-state index is -0.251. The van der Waals surface area contributed by atoms with Crippen LogP contribution in [0.4, 0.5) is 22.9 Å². The highest BCUT2D eigenvalue weighted by atomic mass is 16.5. The minimum absolute atomic E-state index is 0.251. The number of nitrogens with one attached hydrogen (secondary N) is 1. The average Bonchev–Trinajstić information content (AvgIpc) is 3.33. The summed E-state index contributed by atoms with van der Waals surface area (Å²) in [5.41, 5.74) is 9.10. The van der Waals surface area contributed by atoms with Crippen LogP contribution in [0.5, 0.6) is 5.75 Å². The van der Waals surface area contributed by atoms with Crippen LogP contribution in [-0.4, -0.2) is 28.6 Å². The van der Waals surface area contributed by atoms with Crippen molar-refractivity contribution in [2.45, 2.75) is 26.8 Å². The molecule has 202 valence electrons. The normalized spacial score (nSPS) is 16.4. The number of methoxy groups -OCH3 is 1. The van der Waals surface area contributed by atoms with Crippen molar-refractivity contribution in [3.8, 4) is 11.4 Å². The number of aliphatic imine (C=N–C) groups is 2. The van der Waals surface area contributed by atoms with E-state index in [4.69, 9.17) is 19.8 Å². The summed E-state index contributed by atoms with van der Waals surface area (Å²) in [4.78, 5) is 12.8.